The molecular formula is C16H26. The number of allylic oxidation sites excluding steroid dienone is 4. The monoisotopic (exact) mass is 218 g/mol. The standard InChI is InChI=1S/C16H26/c1-11-6-8-14(10-12(11)2)15-9-7-13(3)16(15,4)5/h6-8,11-12,14-15H,9-10H2,1-5H3. The zero-order valence-electron chi connectivity index (χ0n) is 11.5. The number of hydrogen-bond acceptors (Lipinski definition) is 0. The van der Waals surface area contributed by atoms with Crippen LogP contribution >= 0.6 is 0 Å². The minimum atomic E-state index is 0.412. The molecule has 0 aromatic carbocycles. The van der Waals surface area contributed by atoms with Gasteiger partial charge in [-0.1, -0.05) is 51.5 Å². The van der Waals surface area contributed by atoms with Crippen molar-refractivity contribution >= 4 is 0 Å². The molecule has 0 spiro atoms. The molecule has 0 aliphatic heterocycles. The Morgan fingerprint density at radius 3 is 2.38 bits per heavy atom. The van der Waals surface area contributed by atoms with E-state index in [9.17, 15) is 0 Å². The van der Waals surface area contributed by atoms with Crippen LogP contribution in [0.2, 0.25) is 0 Å². The van der Waals surface area contributed by atoms with Crippen molar-refractivity contribution < 1.29 is 0 Å². The van der Waals surface area contributed by atoms with E-state index in [0.717, 1.165) is 23.7 Å². The van der Waals surface area contributed by atoms with Gasteiger partial charge in [-0.3, -0.25) is 0 Å². The van der Waals surface area contributed by atoms with Crippen molar-refractivity contribution in [2.24, 2.45) is 29.1 Å². The van der Waals surface area contributed by atoms with Crippen molar-refractivity contribution in [2.45, 2.75) is 47.5 Å². The zero-order valence-corrected chi connectivity index (χ0v) is 11.5. The van der Waals surface area contributed by atoms with Gasteiger partial charge in [0.25, 0.3) is 0 Å². The lowest BCUT2D eigenvalue weighted by molar-refractivity contribution is 0.185. The molecule has 0 N–H and O–H groups in total. The van der Waals surface area contributed by atoms with Gasteiger partial charge >= 0.3 is 0 Å². The first-order valence-electron chi connectivity index (χ1n) is 6.78. The zero-order chi connectivity index (χ0) is 11.9. The molecule has 0 heterocycles. The molecule has 2 rings (SSSR count). The molecular weight excluding hydrogens is 192 g/mol. The number of rotatable bonds is 1. The third-order valence-electron chi connectivity index (χ3n) is 5.34. The van der Waals surface area contributed by atoms with Crippen LogP contribution in [0.1, 0.15) is 47.5 Å². The van der Waals surface area contributed by atoms with E-state index in [1.165, 1.54) is 12.8 Å². The molecule has 16 heavy (non-hydrogen) atoms. The Balaban J connectivity index is 2.14. The summed E-state index contributed by atoms with van der Waals surface area (Å²) in [5, 5.41) is 0. The van der Waals surface area contributed by atoms with Crippen molar-refractivity contribution in [3.63, 3.8) is 0 Å². The van der Waals surface area contributed by atoms with Crippen molar-refractivity contribution in [3.05, 3.63) is 23.8 Å². The third kappa shape index (κ3) is 1.87. The van der Waals surface area contributed by atoms with Gasteiger partial charge < -0.3 is 0 Å². The molecule has 90 valence electrons. The molecule has 0 saturated heterocycles. The molecule has 0 aromatic rings. The lowest BCUT2D eigenvalue weighted by Crippen LogP contribution is -2.30. The summed E-state index contributed by atoms with van der Waals surface area (Å²) in [6.07, 6.45) is 10.1. The Labute approximate surface area is 101 Å². The fraction of sp³-hybridized carbons (Fsp3) is 0.750. The van der Waals surface area contributed by atoms with Gasteiger partial charge in [-0.15, -0.1) is 0 Å². The first kappa shape index (κ1) is 12.0. The van der Waals surface area contributed by atoms with Crippen LogP contribution in [0, 0.1) is 29.1 Å². The van der Waals surface area contributed by atoms with Crippen LogP contribution in [-0.4, -0.2) is 0 Å². The largest absolute Gasteiger partial charge is 0.0851 e. The molecule has 4 atom stereocenters. The fourth-order valence-electron chi connectivity index (χ4n) is 3.39. The summed E-state index contributed by atoms with van der Waals surface area (Å²) in [4.78, 5) is 0. The Morgan fingerprint density at radius 2 is 1.88 bits per heavy atom. The lowest BCUT2D eigenvalue weighted by Gasteiger charge is -2.38. The second-order valence-corrected chi connectivity index (χ2v) is 6.57. The molecule has 0 radical (unpaired) electrons. The van der Waals surface area contributed by atoms with E-state index in [4.69, 9.17) is 0 Å². The summed E-state index contributed by atoms with van der Waals surface area (Å²) in [6.45, 7) is 11.9. The topological polar surface area (TPSA) is 0 Å². The maximum atomic E-state index is 2.50. The molecule has 0 fully saturated rings. The van der Waals surface area contributed by atoms with E-state index in [0.29, 0.717) is 5.41 Å². The molecule has 0 saturated carbocycles. The molecule has 0 aromatic heterocycles. The van der Waals surface area contributed by atoms with Crippen LogP contribution in [0.3, 0.4) is 0 Å². The fourth-order valence-corrected chi connectivity index (χ4v) is 3.39. The summed E-state index contributed by atoms with van der Waals surface area (Å²) in [7, 11) is 0. The summed E-state index contributed by atoms with van der Waals surface area (Å²) < 4.78 is 0. The van der Waals surface area contributed by atoms with Gasteiger partial charge in [0, 0.05) is 0 Å². The molecule has 0 heteroatoms. The van der Waals surface area contributed by atoms with Crippen LogP contribution in [0.25, 0.3) is 0 Å². The van der Waals surface area contributed by atoms with Gasteiger partial charge in [-0.2, -0.15) is 0 Å². The highest BCUT2D eigenvalue weighted by Gasteiger charge is 2.40. The van der Waals surface area contributed by atoms with E-state index in [1.807, 2.05) is 0 Å². The first-order valence-corrected chi connectivity index (χ1v) is 6.78. The smallest absolute Gasteiger partial charge is 0.0111 e. The summed E-state index contributed by atoms with van der Waals surface area (Å²) in [5.74, 6) is 3.26. The van der Waals surface area contributed by atoms with Crippen molar-refractivity contribution in [3.8, 4) is 0 Å². The maximum Gasteiger partial charge on any atom is -0.0111 e. The van der Waals surface area contributed by atoms with Crippen LogP contribution < -0.4 is 0 Å². The molecule has 0 amide bonds. The average Bonchev–Trinajstić information content (AvgIpc) is 2.47. The second-order valence-electron chi connectivity index (χ2n) is 6.57. The first-order chi connectivity index (χ1) is 7.43. The van der Waals surface area contributed by atoms with Crippen LogP contribution in [0.5, 0.6) is 0 Å². The Hall–Kier alpha value is -0.520. The van der Waals surface area contributed by atoms with Gasteiger partial charge in [0.15, 0.2) is 0 Å². The molecule has 0 bridgehead atoms. The van der Waals surface area contributed by atoms with E-state index < -0.39 is 0 Å². The molecule has 2 aliphatic carbocycles. The highest BCUT2D eigenvalue weighted by atomic mass is 14.4. The third-order valence-corrected chi connectivity index (χ3v) is 5.34. The van der Waals surface area contributed by atoms with Gasteiger partial charge in [0.2, 0.25) is 0 Å². The minimum Gasteiger partial charge on any atom is -0.0851 e. The Bertz CT molecular complexity index is 319. The average molecular weight is 218 g/mol. The quantitative estimate of drug-likeness (QED) is 0.553. The second kappa shape index (κ2) is 4.05. The van der Waals surface area contributed by atoms with Gasteiger partial charge in [-0.25, -0.2) is 0 Å². The molecule has 2 aliphatic rings. The summed E-state index contributed by atoms with van der Waals surface area (Å²) in [6, 6.07) is 0. The van der Waals surface area contributed by atoms with Crippen molar-refractivity contribution in [1.29, 1.82) is 0 Å². The SMILES string of the molecule is CC1=CCC(C2C=CC(C)C(C)C2)C1(C)C. The Morgan fingerprint density at radius 1 is 1.19 bits per heavy atom. The van der Waals surface area contributed by atoms with Gasteiger partial charge in [0.05, 0.1) is 0 Å². The van der Waals surface area contributed by atoms with Crippen molar-refractivity contribution in [2.75, 3.05) is 0 Å². The van der Waals surface area contributed by atoms with Gasteiger partial charge in [-0.05, 0) is 48.9 Å². The summed E-state index contributed by atoms with van der Waals surface area (Å²) in [5.41, 5.74) is 2.01. The lowest BCUT2D eigenvalue weighted by atomic mass is 9.66. The van der Waals surface area contributed by atoms with Crippen LogP contribution in [-0.2, 0) is 0 Å². The molecule has 4 unspecified atom stereocenters. The minimum absolute atomic E-state index is 0.412. The highest BCUT2D eigenvalue weighted by molar-refractivity contribution is 5.21. The normalized spacial score (nSPS) is 42.2. The predicted molar refractivity (Wildman–Crippen MR) is 71.2 cm³/mol. The van der Waals surface area contributed by atoms with Crippen LogP contribution in [0.15, 0.2) is 23.8 Å². The van der Waals surface area contributed by atoms with E-state index in [1.54, 1.807) is 5.57 Å². The van der Waals surface area contributed by atoms with E-state index in [2.05, 4.69) is 52.8 Å². The molecule has 0 nitrogen and oxygen atoms in total. The van der Waals surface area contributed by atoms with Crippen LogP contribution in [0.4, 0.5) is 0 Å². The van der Waals surface area contributed by atoms with E-state index in [-0.39, 0.29) is 0 Å². The predicted octanol–water partition coefficient (Wildman–Crippen LogP) is 4.83. The maximum absolute atomic E-state index is 2.50. The van der Waals surface area contributed by atoms with E-state index >= 15 is 0 Å². The highest BCUT2D eigenvalue weighted by Crippen LogP contribution is 2.49. The van der Waals surface area contributed by atoms with Gasteiger partial charge in [0.1, 0.15) is 0 Å². The van der Waals surface area contributed by atoms with Crippen molar-refractivity contribution in [1.82, 2.24) is 0 Å². The Kier molecular flexibility index (Phi) is 3.03. The number of hydrogen-bond donors (Lipinski definition) is 0. The summed E-state index contributed by atoms with van der Waals surface area (Å²) >= 11 is 0.